The molecule has 0 fully saturated rings. The Hall–Kier alpha value is -1.61. The molecule has 16 heavy (non-hydrogen) atoms. The molecule has 1 N–H and O–H groups in total. The third-order valence-electron chi connectivity index (χ3n) is 2.64. The van der Waals surface area contributed by atoms with Crippen molar-refractivity contribution in [1.29, 1.82) is 0 Å². The lowest BCUT2D eigenvalue weighted by atomic mass is 10.0. The Kier molecular flexibility index (Phi) is 3.37. The summed E-state index contributed by atoms with van der Waals surface area (Å²) in [4.78, 5) is 4.16. The number of nitrogens with one attached hydrogen (secondary N) is 1. The highest BCUT2D eigenvalue weighted by atomic mass is 16.3. The van der Waals surface area contributed by atoms with Gasteiger partial charge >= 0.3 is 0 Å². The molecule has 0 bridgehead atoms. The highest BCUT2D eigenvalue weighted by Gasteiger charge is 2.16. The fourth-order valence-electron chi connectivity index (χ4n) is 1.85. The minimum absolute atomic E-state index is 0.164. The van der Waals surface area contributed by atoms with Gasteiger partial charge in [-0.3, -0.25) is 4.98 Å². The van der Waals surface area contributed by atoms with Gasteiger partial charge in [0, 0.05) is 18.0 Å². The van der Waals surface area contributed by atoms with Crippen molar-refractivity contribution in [3.05, 3.63) is 53.7 Å². The van der Waals surface area contributed by atoms with Gasteiger partial charge in [0.2, 0.25) is 0 Å². The van der Waals surface area contributed by atoms with E-state index in [-0.39, 0.29) is 6.04 Å². The van der Waals surface area contributed by atoms with E-state index in [1.165, 1.54) is 5.56 Å². The maximum absolute atomic E-state index is 5.35. The van der Waals surface area contributed by atoms with Crippen molar-refractivity contribution in [3.8, 4) is 0 Å². The number of aromatic nitrogens is 1. The quantitative estimate of drug-likeness (QED) is 0.853. The van der Waals surface area contributed by atoms with Crippen LogP contribution < -0.4 is 5.32 Å². The summed E-state index contributed by atoms with van der Waals surface area (Å²) >= 11 is 0. The Morgan fingerprint density at radius 3 is 2.88 bits per heavy atom. The Bertz CT molecular complexity index is 436. The van der Waals surface area contributed by atoms with E-state index in [0.29, 0.717) is 0 Å². The van der Waals surface area contributed by atoms with E-state index in [2.05, 4.69) is 23.3 Å². The predicted octanol–water partition coefficient (Wildman–Crippen LogP) is 2.68. The molecule has 0 saturated heterocycles. The van der Waals surface area contributed by atoms with Gasteiger partial charge in [-0.15, -0.1) is 0 Å². The normalized spacial score (nSPS) is 12.6. The van der Waals surface area contributed by atoms with Crippen LogP contribution in [0.2, 0.25) is 0 Å². The molecule has 1 atom stereocenters. The van der Waals surface area contributed by atoms with Crippen LogP contribution in [-0.2, 0) is 0 Å². The van der Waals surface area contributed by atoms with Gasteiger partial charge < -0.3 is 9.73 Å². The van der Waals surface area contributed by atoms with Gasteiger partial charge in [-0.05, 0) is 31.2 Å². The number of pyridine rings is 1. The van der Waals surface area contributed by atoms with Gasteiger partial charge in [0.05, 0.1) is 12.3 Å². The molecular formula is C13H16N2O. The predicted molar refractivity (Wildman–Crippen MR) is 63.2 cm³/mol. The maximum atomic E-state index is 5.35. The molecule has 84 valence electrons. The zero-order valence-corrected chi connectivity index (χ0v) is 9.60. The Labute approximate surface area is 95.5 Å². The molecule has 3 nitrogen and oxygen atoms in total. The largest absolute Gasteiger partial charge is 0.469 e. The Morgan fingerprint density at radius 1 is 1.44 bits per heavy atom. The standard InChI is InChI=1S/C13H16N2O/c1-3-15-13(11-5-4-7-14-9-11)12-6-8-16-10(12)2/h4-9,13,15H,3H2,1-2H3. The molecule has 1 unspecified atom stereocenters. The molecular weight excluding hydrogens is 200 g/mol. The molecule has 2 heterocycles. The highest BCUT2D eigenvalue weighted by molar-refractivity contribution is 5.31. The molecule has 0 saturated carbocycles. The van der Waals surface area contributed by atoms with Crippen molar-refractivity contribution in [2.24, 2.45) is 0 Å². The molecule has 0 aliphatic heterocycles. The average Bonchev–Trinajstić information content (AvgIpc) is 2.73. The fraction of sp³-hybridized carbons (Fsp3) is 0.308. The summed E-state index contributed by atoms with van der Waals surface area (Å²) in [6.45, 7) is 4.99. The first-order chi connectivity index (χ1) is 7.83. The van der Waals surface area contributed by atoms with E-state index >= 15 is 0 Å². The number of furan rings is 1. The first-order valence-electron chi connectivity index (χ1n) is 5.50. The summed E-state index contributed by atoms with van der Waals surface area (Å²) in [7, 11) is 0. The second-order valence-corrected chi connectivity index (χ2v) is 3.71. The van der Waals surface area contributed by atoms with Crippen molar-refractivity contribution in [1.82, 2.24) is 10.3 Å². The van der Waals surface area contributed by atoms with Crippen molar-refractivity contribution >= 4 is 0 Å². The smallest absolute Gasteiger partial charge is 0.105 e. The average molecular weight is 216 g/mol. The zero-order valence-electron chi connectivity index (χ0n) is 9.60. The lowest BCUT2D eigenvalue weighted by Crippen LogP contribution is -2.22. The third-order valence-corrected chi connectivity index (χ3v) is 2.64. The van der Waals surface area contributed by atoms with E-state index < -0.39 is 0 Å². The molecule has 3 heteroatoms. The van der Waals surface area contributed by atoms with Gasteiger partial charge in [0.1, 0.15) is 5.76 Å². The summed E-state index contributed by atoms with van der Waals surface area (Å²) in [6, 6.07) is 6.20. The molecule has 2 rings (SSSR count). The monoisotopic (exact) mass is 216 g/mol. The molecule has 0 amide bonds. The van der Waals surface area contributed by atoms with E-state index in [1.54, 1.807) is 12.5 Å². The lowest BCUT2D eigenvalue weighted by Gasteiger charge is -2.17. The van der Waals surface area contributed by atoms with Crippen LogP contribution in [0.25, 0.3) is 0 Å². The van der Waals surface area contributed by atoms with Gasteiger partial charge in [0.15, 0.2) is 0 Å². The number of rotatable bonds is 4. The molecule has 0 aliphatic carbocycles. The van der Waals surface area contributed by atoms with E-state index in [4.69, 9.17) is 4.42 Å². The van der Waals surface area contributed by atoms with Crippen LogP contribution in [0.3, 0.4) is 0 Å². The molecule has 0 aliphatic rings. The summed E-state index contributed by atoms with van der Waals surface area (Å²) in [5.74, 6) is 0.954. The fourth-order valence-corrected chi connectivity index (χ4v) is 1.85. The topological polar surface area (TPSA) is 38.1 Å². The van der Waals surface area contributed by atoms with Crippen LogP contribution >= 0.6 is 0 Å². The molecule has 0 spiro atoms. The van der Waals surface area contributed by atoms with Crippen LogP contribution in [0.1, 0.15) is 29.9 Å². The third kappa shape index (κ3) is 2.14. The van der Waals surface area contributed by atoms with Crippen LogP contribution in [0.5, 0.6) is 0 Å². The maximum Gasteiger partial charge on any atom is 0.105 e. The molecule has 2 aromatic heterocycles. The number of hydrogen-bond acceptors (Lipinski definition) is 3. The van der Waals surface area contributed by atoms with Crippen LogP contribution in [0.4, 0.5) is 0 Å². The first-order valence-corrected chi connectivity index (χ1v) is 5.50. The lowest BCUT2D eigenvalue weighted by molar-refractivity contribution is 0.519. The van der Waals surface area contributed by atoms with Crippen molar-refractivity contribution in [3.63, 3.8) is 0 Å². The Balaban J connectivity index is 2.35. The number of hydrogen-bond donors (Lipinski definition) is 1. The van der Waals surface area contributed by atoms with Crippen molar-refractivity contribution in [2.45, 2.75) is 19.9 Å². The van der Waals surface area contributed by atoms with Gasteiger partial charge in [-0.2, -0.15) is 0 Å². The van der Waals surface area contributed by atoms with Crippen molar-refractivity contribution < 1.29 is 4.42 Å². The Morgan fingerprint density at radius 2 is 2.31 bits per heavy atom. The van der Waals surface area contributed by atoms with E-state index in [9.17, 15) is 0 Å². The summed E-state index contributed by atoms with van der Waals surface area (Å²) in [6.07, 6.45) is 5.40. The minimum Gasteiger partial charge on any atom is -0.469 e. The highest BCUT2D eigenvalue weighted by Crippen LogP contribution is 2.24. The second-order valence-electron chi connectivity index (χ2n) is 3.71. The summed E-state index contributed by atoms with van der Waals surface area (Å²) < 4.78 is 5.35. The van der Waals surface area contributed by atoms with Crippen LogP contribution in [-0.4, -0.2) is 11.5 Å². The van der Waals surface area contributed by atoms with Crippen LogP contribution in [0, 0.1) is 6.92 Å². The first kappa shape index (κ1) is 10.9. The molecule has 0 aromatic carbocycles. The van der Waals surface area contributed by atoms with E-state index in [1.807, 2.05) is 25.3 Å². The molecule has 0 radical (unpaired) electrons. The SMILES string of the molecule is CCNC(c1cccnc1)c1ccoc1C. The summed E-state index contributed by atoms with van der Waals surface area (Å²) in [5, 5.41) is 3.44. The second kappa shape index (κ2) is 4.94. The van der Waals surface area contributed by atoms with Gasteiger partial charge in [-0.1, -0.05) is 13.0 Å². The number of aryl methyl sites for hydroxylation is 1. The number of nitrogens with zero attached hydrogens (tertiary/aromatic N) is 1. The zero-order chi connectivity index (χ0) is 11.4. The molecule has 2 aromatic rings. The van der Waals surface area contributed by atoms with Gasteiger partial charge in [0.25, 0.3) is 0 Å². The summed E-state index contributed by atoms with van der Waals surface area (Å²) in [5.41, 5.74) is 2.34. The van der Waals surface area contributed by atoms with Crippen LogP contribution in [0.15, 0.2) is 41.3 Å². The van der Waals surface area contributed by atoms with Crippen molar-refractivity contribution in [2.75, 3.05) is 6.54 Å². The van der Waals surface area contributed by atoms with Gasteiger partial charge in [-0.25, -0.2) is 0 Å². The van der Waals surface area contributed by atoms with E-state index in [0.717, 1.165) is 17.9 Å². The minimum atomic E-state index is 0.164.